The summed E-state index contributed by atoms with van der Waals surface area (Å²) < 4.78 is 11.1. The van der Waals surface area contributed by atoms with Crippen molar-refractivity contribution in [1.29, 1.82) is 0 Å². The lowest BCUT2D eigenvalue weighted by atomic mass is 9.71. The molecule has 4 rings (SSSR count). The smallest absolute Gasteiger partial charge is 0.320 e. The van der Waals surface area contributed by atoms with E-state index in [1.807, 2.05) is 6.92 Å². The van der Waals surface area contributed by atoms with Gasteiger partial charge in [-0.3, -0.25) is 24.0 Å². The summed E-state index contributed by atoms with van der Waals surface area (Å²) in [4.78, 5) is 67.8. The number of nitrogens with one attached hydrogen (secondary N) is 1. The number of ether oxygens (including phenoxy) is 2. The lowest BCUT2D eigenvalue weighted by Crippen LogP contribution is -2.42. The molecule has 0 saturated heterocycles. The Balaban J connectivity index is 2.04. The number of cyclic esters (lactones) is 1. The summed E-state index contributed by atoms with van der Waals surface area (Å²) >= 11 is 0. The van der Waals surface area contributed by atoms with Crippen molar-refractivity contribution >= 4 is 29.2 Å². The molecule has 0 spiro atoms. The standard InChI is InChI=1S/C29H31NO8/c1-6-16-7-9-18(31)15(3)38-28(36)29(4)12-11-20(33)30-24-23(29)26(35)21-17(25(24)34)13-14(2)27(37-5)22(21)19(32)10-8-16/h7,9,11-13,15-16,18,31H,6,8,10H2,1-5H3,(H,30,33)/b9-7+/t15-,16?,18-,29-/m0/s1. The second-order valence-corrected chi connectivity index (χ2v) is 10.1. The van der Waals surface area contributed by atoms with E-state index in [0.29, 0.717) is 18.4 Å². The van der Waals surface area contributed by atoms with Gasteiger partial charge in [-0.05, 0) is 51.2 Å². The van der Waals surface area contributed by atoms with Gasteiger partial charge in [-0.25, -0.2) is 0 Å². The second-order valence-electron chi connectivity index (χ2n) is 10.1. The van der Waals surface area contributed by atoms with Crippen LogP contribution < -0.4 is 10.1 Å². The number of rotatable bonds is 2. The number of hydrogen-bond donors (Lipinski definition) is 2. The highest BCUT2D eigenvalue weighted by Crippen LogP contribution is 2.44. The number of ketones is 3. The number of Topliss-reactive ketones (excluding diaryl/α,β-unsaturated/α-hetero) is 3. The second kappa shape index (κ2) is 10.1. The maximum atomic E-state index is 14.2. The summed E-state index contributed by atoms with van der Waals surface area (Å²) in [7, 11) is 1.38. The molecule has 0 radical (unpaired) electrons. The van der Waals surface area contributed by atoms with Gasteiger partial charge in [0.05, 0.1) is 18.4 Å². The molecule has 9 nitrogen and oxygen atoms in total. The Morgan fingerprint density at radius 1 is 1.13 bits per heavy atom. The molecule has 1 aliphatic carbocycles. The Morgan fingerprint density at radius 3 is 2.50 bits per heavy atom. The average Bonchev–Trinajstić information content (AvgIpc) is 3.02. The van der Waals surface area contributed by atoms with E-state index in [4.69, 9.17) is 9.47 Å². The van der Waals surface area contributed by atoms with Crippen molar-refractivity contribution in [3.63, 3.8) is 0 Å². The van der Waals surface area contributed by atoms with E-state index in [0.717, 1.165) is 6.08 Å². The van der Waals surface area contributed by atoms with Crippen LogP contribution in [0, 0.1) is 18.3 Å². The first-order valence-corrected chi connectivity index (χ1v) is 12.6. The number of methoxy groups -OCH3 is 1. The van der Waals surface area contributed by atoms with Crippen LogP contribution in [0.2, 0.25) is 0 Å². The Bertz CT molecular complexity index is 1350. The van der Waals surface area contributed by atoms with Crippen LogP contribution in [-0.2, 0) is 14.3 Å². The van der Waals surface area contributed by atoms with Gasteiger partial charge in [0, 0.05) is 29.2 Å². The van der Waals surface area contributed by atoms with Gasteiger partial charge >= 0.3 is 5.97 Å². The molecule has 2 aliphatic heterocycles. The molecule has 4 atom stereocenters. The summed E-state index contributed by atoms with van der Waals surface area (Å²) in [5, 5.41) is 13.1. The highest BCUT2D eigenvalue weighted by Gasteiger charge is 2.50. The molecule has 200 valence electrons. The molecule has 1 aromatic rings. The number of benzene rings is 1. The molecule has 1 unspecified atom stereocenters. The zero-order chi connectivity index (χ0) is 27.9. The molecular weight excluding hydrogens is 490 g/mol. The zero-order valence-electron chi connectivity index (χ0n) is 22.0. The van der Waals surface area contributed by atoms with E-state index in [1.54, 1.807) is 13.0 Å². The van der Waals surface area contributed by atoms with Gasteiger partial charge in [0.2, 0.25) is 11.7 Å². The topological polar surface area (TPSA) is 136 Å². The van der Waals surface area contributed by atoms with Crippen LogP contribution in [0.15, 0.2) is 41.6 Å². The predicted octanol–water partition coefficient (Wildman–Crippen LogP) is 3.18. The van der Waals surface area contributed by atoms with Crippen molar-refractivity contribution in [2.75, 3.05) is 7.11 Å². The van der Waals surface area contributed by atoms with E-state index >= 15 is 0 Å². The minimum atomic E-state index is -1.87. The van der Waals surface area contributed by atoms with Crippen LogP contribution >= 0.6 is 0 Å². The van der Waals surface area contributed by atoms with Crippen LogP contribution in [-0.4, -0.2) is 53.7 Å². The number of carbonyl (C=O) groups excluding carboxylic acids is 5. The highest BCUT2D eigenvalue weighted by atomic mass is 16.6. The van der Waals surface area contributed by atoms with Crippen molar-refractivity contribution in [1.82, 2.24) is 5.32 Å². The molecule has 38 heavy (non-hydrogen) atoms. The van der Waals surface area contributed by atoms with Crippen LogP contribution in [0.4, 0.5) is 0 Å². The molecule has 9 heteroatoms. The maximum absolute atomic E-state index is 14.2. The van der Waals surface area contributed by atoms with Crippen LogP contribution in [0.25, 0.3) is 0 Å². The fourth-order valence-electron chi connectivity index (χ4n) is 5.17. The van der Waals surface area contributed by atoms with Crippen molar-refractivity contribution in [2.45, 2.75) is 59.2 Å². The largest absolute Gasteiger partial charge is 0.496 e. The van der Waals surface area contributed by atoms with Crippen LogP contribution in [0.1, 0.15) is 76.7 Å². The zero-order valence-corrected chi connectivity index (χ0v) is 22.0. The van der Waals surface area contributed by atoms with Gasteiger partial charge in [0.25, 0.3) is 0 Å². The third-order valence-electron chi connectivity index (χ3n) is 7.50. The number of carbonyl (C=O) groups is 5. The number of aliphatic hydroxyl groups is 1. The first kappa shape index (κ1) is 27.2. The fourth-order valence-corrected chi connectivity index (χ4v) is 5.17. The van der Waals surface area contributed by atoms with Gasteiger partial charge < -0.3 is 19.9 Å². The number of aliphatic hydroxyl groups excluding tert-OH is 1. The number of amides is 1. The van der Waals surface area contributed by atoms with Crippen molar-refractivity contribution in [3.8, 4) is 5.75 Å². The Morgan fingerprint density at radius 2 is 1.84 bits per heavy atom. The van der Waals surface area contributed by atoms with Gasteiger partial charge in [-0.2, -0.15) is 0 Å². The predicted molar refractivity (Wildman–Crippen MR) is 137 cm³/mol. The third kappa shape index (κ3) is 4.41. The third-order valence-corrected chi connectivity index (χ3v) is 7.50. The highest BCUT2D eigenvalue weighted by molar-refractivity contribution is 6.32. The van der Waals surface area contributed by atoms with E-state index in [1.165, 1.54) is 39.2 Å². The van der Waals surface area contributed by atoms with E-state index in [9.17, 15) is 29.1 Å². The monoisotopic (exact) mass is 521 g/mol. The number of aryl methyl sites for hydroxylation is 1. The minimum absolute atomic E-state index is 0.0234. The Hall–Kier alpha value is -3.85. The summed E-state index contributed by atoms with van der Waals surface area (Å²) in [6.07, 6.45) is 4.58. The fraction of sp³-hybridized carbons (Fsp3) is 0.414. The molecule has 2 bridgehead atoms. The summed E-state index contributed by atoms with van der Waals surface area (Å²) in [5.74, 6) is -3.37. The van der Waals surface area contributed by atoms with Crippen LogP contribution in [0.5, 0.6) is 5.75 Å². The average molecular weight is 522 g/mol. The molecule has 2 heterocycles. The lowest BCUT2D eigenvalue weighted by Gasteiger charge is -2.32. The van der Waals surface area contributed by atoms with E-state index in [2.05, 4.69) is 5.32 Å². The molecule has 1 amide bonds. The minimum Gasteiger partial charge on any atom is -0.496 e. The summed E-state index contributed by atoms with van der Waals surface area (Å²) in [6, 6.07) is 1.46. The molecule has 0 aromatic heterocycles. The normalized spacial score (nSPS) is 28.7. The molecule has 2 N–H and O–H groups in total. The molecule has 0 fully saturated rings. The molecular formula is C29H31NO8. The number of allylic oxidation sites excluding steroid dienone is 2. The SMILES string of the molecule is CCC1/C=C/[C@H](O)[C@H](C)OC(=O)[C@@]2(C)C=CC(=O)NC3=C2C(=O)c2c(cc(C)c(OC)c2C(=O)CC1)C3=O. The first-order chi connectivity index (χ1) is 17.9. The van der Waals surface area contributed by atoms with Crippen molar-refractivity contribution < 1.29 is 38.6 Å². The van der Waals surface area contributed by atoms with Gasteiger partial charge in [0.15, 0.2) is 11.6 Å². The number of hydrogen-bond acceptors (Lipinski definition) is 8. The molecule has 3 aliphatic rings. The van der Waals surface area contributed by atoms with Gasteiger partial charge in [0.1, 0.15) is 23.4 Å². The lowest BCUT2D eigenvalue weighted by molar-refractivity contribution is -0.158. The van der Waals surface area contributed by atoms with Crippen molar-refractivity contribution in [3.05, 3.63) is 63.9 Å². The Labute approximate surface area is 220 Å². The number of esters is 1. The summed E-state index contributed by atoms with van der Waals surface area (Å²) in [5.41, 5.74) is -2.28. The maximum Gasteiger partial charge on any atom is 0.320 e. The Kier molecular flexibility index (Phi) is 7.25. The first-order valence-electron chi connectivity index (χ1n) is 12.6. The summed E-state index contributed by atoms with van der Waals surface area (Å²) in [6.45, 7) is 6.48. The van der Waals surface area contributed by atoms with Gasteiger partial charge in [-0.15, -0.1) is 0 Å². The molecule has 1 aromatic carbocycles. The van der Waals surface area contributed by atoms with E-state index < -0.39 is 41.1 Å². The quantitative estimate of drug-likeness (QED) is 0.447. The van der Waals surface area contributed by atoms with E-state index in [-0.39, 0.29) is 51.8 Å². The van der Waals surface area contributed by atoms with Gasteiger partial charge in [-0.1, -0.05) is 25.2 Å². The van der Waals surface area contributed by atoms with Crippen LogP contribution in [0.3, 0.4) is 0 Å². The molecule has 0 saturated carbocycles. The van der Waals surface area contributed by atoms with Crippen molar-refractivity contribution in [2.24, 2.45) is 11.3 Å².